The number of thiophene rings is 1. The minimum atomic E-state index is -1.31. The number of carboxylic acids is 1. The summed E-state index contributed by atoms with van der Waals surface area (Å²) in [5.74, 6) is -1.89. The minimum absolute atomic E-state index is 0. The highest BCUT2D eigenvalue weighted by molar-refractivity contribution is 7.15. The molecule has 1 fully saturated rings. The van der Waals surface area contributed by atoms with E-state index in [0.717, 1.165) is 42.5 Å². The lowest BCUT2D eigenvalue weighted by molar-refractivity contribution is 0.0695. The molecule has 1 atom stereocenters. The Labute approximate surface area is 182 Å². The van der Waals surface area contributed by atoms with Crippen molar-refractivity contribution < 1.29 is 14.3 Å². The number of hydrogen-bond acceptors (Lipinski definition) is 5. The maximum Gasteiger partial charge on any atom is 0.341 e. The van der Waals surface area contributed by atoms with Gasteiger partial charge in [0.1, 0.15) is 16.9 Å². The minimum Gasteiger partial charge on any atom is -0.477 e. The molecule has 3 N–H and O–H groups in total. The molecule has 30 heavy (non-hydrogen) atoms. The van der Waals surface area contributed by atoms with Gasteiger partial charge in [-0.05, 0) is 50.7 Å². The van der Waals surface area contributed by atoms with E-state index >= 15 is 4.39 Å². The Morgan fingerprint density at radius 1 is 1.37 bits per heavy atom. The van der Waals surface area contributed by atoms with Crippen LogP contribution in [-0.4, -0.2) is 20.6 Å². The second kappa shape index (κ2) is 7.44. The number of halogens is 2. The zero-order chi connectivity index (χ0) is 20.4. The van der Waals surface area contributed by atoms with E-state index in [2.05, 4.69) is 4.98 Å². The van der Waals surface area contributed by atoms with Gasteiger partial charge in [0.05, 0.1) is 10.3 Å². The fourth-order valence-electron chi connectivity index (χ4n) is 4.18. The van der Waals surface area contributed by atoms with E-state index < -0.39 is 17.2 Å². The van der Waals surface area contributed by atoms with Crippen LogP contribution < -0.4 is 11.2 Å². The SMILES string of the molecule is Cc1c(F)c(-c2cc3c(s2)C(N)CCC3)nc2c1c(=O)c(C(=O)O)cn2C1CC1.Cl. The number of hydrogen-bond donors (Lipinski definition) is 2. The van der Waals surface area contributed by atoms with Gasteiger partial charge in [0.15, 0.2) is 5.82 Å². The summed E-state index contributed by atoms with van der Waals surface area (Å²) < 4.78 is 17.1. The average molecular weight is 450 g/mol. The number of aryl methyl sites for hydroxylation is 2. The van der Waals surface area contributed by atoms with Gasteiger partial charge in [-0.3, -0.25) is 4.79 Å². The molecule has 3 aromatic heterocycles. The molecule has 2 aliphatic rings. The van der Waals surface area contributed by atoms with Crippen molar-refractivity contribution in [2.75, 3.05) is 0 Å². The molecule has 2 aliphatic carbocycles. The number of aromatic carboxylic acids is 1. The number of pyridine rings is 2. The topological polar surface area (TPSA) is 98.2 Å². The quantitative estimate of drug-likeness (QED) is 0.618. The molecule has 5 rings (SSSR count). The van der Waals surface area contributed by atoms with Gasteiger partial charge >= 0.3 is 5.97 Å². The number of nitrogens with zero attached hydrogens (tertiary/aromatic N) is 2. The van der Waals surface area contributed by atoms with E-state index in [-0.39, 0.29) is 46.7 Å². The first kappa shape index (κ1) is 21.0. The molecule has 1 saturated carbocycles. The third-order valence-electron chi connectivity index (χ3n) is 5.88. The van der Waals surface area contributed by atoms with E-state index in [4.69, 9.17) is 5.73 Å². The molecule has 9 heteroatoms. The van der Waals surface area contributed by atoms with Gasteiger partial charge in [-0.1, -0.05) is 0 Å². The van der Waals surface area contributed by atoms with Gasteiger partial charge in [0, 0.05) is 28.7 Å². The maximum atomic E-state index is 15.4. The number of nitrogens with two attached hydrogens (primary N) is 1. The lowest BCUT2D eigenvalue weighted by Gasteiger charge is -2.17. The molecular formula is C21H21ClFN3O3S. The van der Waals surface area contributed by atoms with Crippen molar-refractivity contribution in [1.82, 2.24) is 9.55 Å². The summed E-state index contributed by atoms with van der Waals surface area (Å²) in [6.07, 6.45) is 5.96. The molecule has 3 heterocycles. The molecule has 158 valence electrons. The first-order chi connectivity index (χ1) is 13.9. The maximum absolute atomic E-state index is 15.4. The van der Waals surface area contributed by atoms with Crippen molar-refractivity contribution in [3.05, 3.63) is 49.9 Å². The van der Waals surface area contributed by atoms with Crippen LogP contribution >= 0.6 is 23.7 Å². The van der Waals surface area contributed by atoms with Crippen molar-refractivity contribution in [3.8, 4) is 10.6 Å². The Bertz CT molecular complexity index is 1250. The molecule has 0 aliphatic heterocycles. The molecule has 6 nitrogen and oxygen atoms in total. The van der Waals surface area contributed by atoms with Gasteiger partial charge in [-0.2, -0.15) is 0 Å². The highest BCUT2D eigenvalue weighted by atomic mass is 35.5. The molecule has 0 spiro atoms. The molecule has 0 amide bonds. The predicted molar refractivity (Wildman–Crippen MR) is 116 cm³/mol. The third-order valence-corrected chi connectivity index (χ3v) is 7.20. The summed E-state index contributed by atoms with van der Waals surface area (Å²) in [5, 5.41) is 9.48. The highest BCUT2D eigenvalue weighted by Crippen LogP contribution is 2.42. The zero-order valence-electron chi connectivity index (χ0n) is 16.3. The number of fused-ring (bicyclic) bond motifs is 2. The van der Waals surface area contributed by atoms with E-state index in [0.29, 0.717) is 10.5 Å². The molecule has 1 unspecified atom stereocenters. The van der Waals surface area contributed by atoms with Gasteiger partial charge < -0.3 is 15.4 Å². The standard InChI is InChI=1S/C21H20FN3O3S.ClH/c1-9-15-18(26)12(21(27)28)8-25(11-5-6-11)20(15)24-17(16(9)22)14-7-10-3-2-4-13(23)19(10)29-14;/h7-8,11,13H,2-6,23H2,1H3,(H,27,28);1H. The highest BCUT2D eigenvalue weighted by Gasteiger charge is 2.30. The Balaban J connectivity index is 0.00000218. The second-order valence-corrected chi connectivity index (χ2v) is 9.00. The Hall–Kier alpha value is -2.29. The van der Waals surface area contributed by atoms with E-state index in [1.54, 1.807) is 4.57 Å². The van der Waals surface area contributed by atoms with Crippen molar-refractivity contribution >= 4 is 40.7 Å². The van der Waals surface area contributed by atoms with Gasteiger partial charge in [0.2, 0.25) is 5.43 Å². The number of carbonyl (C=O) groups is 1. The van der Waals surface area contributed by atoms with E-state index in [9.17, 15) is 14.7 Å². The molecular weight excluding hydrogens is 429 g/mol. The third kappa shape index (κ3) is 3.14. The van der Waals surface area contributed by atoms with Gasteiger partial charge in [-0.15, -0.1) is 23.7 Å². The fraction of sp³-hybridized carbons (Fsp3) is 0.381. The van der Waals surface area contributed by atoms with Crippen LogP contribution in [0.25, 0.3) is 21.6 Å². The van der Waals surface area contributed by atoms with Gasteiger partial charge in [0.25, 0.3) is 0 Å². The van der Waals surface area contributed by atoms with Crippen LogP contribution in [0, 0.1) is 12.7 Å². The average Bonchev–Trinajstić information content (AvgIpc) is 3.42. The van der Waals surface area contributed by atoms with Crippen molar-refractivity contribution in [2.24, 2.45) is 5.73 Å². The number of rotatable bonds is 3. The summed E-state index contributed by atoms with van der Waals surface area (Å²) in [6.45, 7) is 1.52. The largest absolute Gasteiger partial charge is 0.477 e. The summed E-state index contributed by atoms with van der Waals surface area (Å²) in [6, 6.07) is 2.01. The lowest BCUT2D eigenvalue weighted by atomic mass is 9.95. The molecule has 0 radical (unpaired) electrons. The Morgan fingerprint density at radius 3 is 2.73 bits per heavy atom. The summed E-state index contributed by atoms with van der Waals surface area (Å²) >= 11 is 1.46. The second-order valence-electron chi connectivity index (χ2n) is 7.91. The van der Waals surface area contributed by atoms with E-state index in [1.165, 1.54) is 24.5 Å². The Kier molecular flexibility index (Phi) is 5.20. The summed E-state index contributed by atoms with van der Waals surface area (Å²) in [4.78, 5) is 30.7. The van der Waals surface area contributed by atoms with Crippen LogP contribution in [0.15, 0.2) is 17.1 Å². The van der Waals surface area contributed by atoms with Gasteiger partial charge in [-0.25, -0.2) is 14.2 Å². The summed E-state index contributed by atoms with van der Waals surface area (Å²) in [5.41, 5.74) is 7.04. The van der Waals surface area contributed by atoms with Crippen LogP contribution in [0.1, 0.15) is 64.1 Å². The van der Waals surface area contributed by atoms with Crippen LogP contribution in [0.5, 0.6) is 0 Å². The Morgan fingerprint density at radius 2 is 2.10 bits per heavy atom. The first-order valence-electron chi connectivity index (χ1n) is 9.73. The summed E-state index contributed by atoms with van der Waals surface area (Å²) in [7, 11) is 0. The van der Waals surface area contributed by atoms with Crippen molar-refractivity contribution in [1.29, 1.82) is 0 Å². The fourth-order valence-corrected chi connectivity index (χ4v) is 5.41. The van der Waals surface area contributed by atoms with Crippen LogP contribution in [0.2, 0.25) is 0 Å². The zero-order valence-corrected chi connectivity index (χ0v) is 17.9. The number of aromatic nitrogens is 2. The molecule has 0 bridgehead atoms. The first-order valence-corrected chi connectivity index (χ1v) is 10.5. The monoisotopic (exact) mass is 449 g/mol. The molecule has 3 aromatic rings. The van der Waals surface area contributed by atoms with Crippen molar-refractivity contribution in [3.63, 3.8) is 0 Å². The van der Waals surface area contributed by atoms with Crippen LogP contribution in [0.4, 0.5) is 4.39 Å². The van der Waals surface area contributed by atoms with Crippen LogP contribution in [-0.2, 0) is 6.42 Å². The van der Waals surface area contributed by atoms with Crippen molar-refractivity contribution in [2.45, 2.75) is 51.1 Å². The van der Waals surface area contributed by atoms with E-state index in [1.807, 2.05) is 6.07 Å². The van der Waals surface area contributed by atoms with Crippen LogP contribution in [0.3, 0.4) is 0 Å². The molecule has 0 saturated heterocycles. The lowest BCUT2D eigenvalue weighted by Crippen LogP contribution is -2.21. The smallest absolute Gasteiger partial charge is 0.341 e. The normalized spacial score (nSPS) is 18.2. The number of carboxylic acid groups (broad SMARTS) is 1. The predicted octanol–water partition coefficient (Wildman–Crippen LogP) is 4.36. The molecule has 0 aromatic carbocycles.